The van der Waals surface area contributed by atoms with Gasteiger partial charge in [0.1, 0.15) is 0 Å². The zero-order valence-electron chi connectivity index (χ0n) is 8.92. The van der Waals surface area contributed by atoms with Crippen molar-refractivity contribution in [3.8, 4) is 0 Å². The lowest BCUT2D eigenvalue weighted by atomic mass is 10.1. The van der Waals surface area contributed by atoms with Crippen LogP contribution in [-0.2, 0) is 4.79 Å². The van der Waals surface area contributed by atoms with Crippen LogP contribution < -0.4 is 10.6 Å². The van der Waals surface area contributed by atoms with Crippen molar-refractivity contribution in [3.05, 3.63) is 0 Å². The molecule has 1 unspecified atom stereocenters. The molecule has 0 bridgehead atoms. The predicted octanol–water partition coefficient (Wildman–Crippen LogP) is -0.585. The fourth-order valence-corrected chi connectivity index (χ4v) is 2.57. The Hall–Kier alpha value is -0.610. The van der Waals surface area contributed by atoms with Gasteiger partial charge < -0.3 is 10.6 Å². The van der Waals surface area contributed by atoms with Crippen LogP contribution in [0.25, 0.3) is 0 Å². The molecule has 0 aliphatic carbocycles. The molecule has 2 aliphatic heterocycles. The largest absolute Gasteiger partial charge is 0.358 e. The number of hydrogen-bond acceptors (Lipinski definition) is 3. The predicted molar refractivity (Wildman–Crippen MR) is 55.0 cm³/mol. The van der Waals surface area contributed by atoms with Gasteiger partial charge in [-0.1, -0.05) is 0 Å². The highest BCUT2D eigenvalue weighted by molar-refractivity contribution is 5.81. The third-order valence-electron chi connectivity index (χ3n) is 3.56. The second-order valence-corrected chi connectivity index (χ2v) is 4.35. The van der Waals surface area contributed by atoms with Gasteiger partial charge in [-0.25, -0.2) is 0 Å². The summed E-state index contributed by atoms with van der Waals surface area (Å²) in [7, 11) is 1.70. The van der Waals surface area contributed by atoms with Crippen molar-refractivity contribution in [1.82, 2.24) is 15.5 Å². The Balaban J connectivity index is 1.92. The standard InChI is InChI=1S/C10H19N3O/c1-7(10(14)11-2)13-5-8-3-4-12-9(8)6-13/h7-9,12H,3-6H2,1-2H3,(H,11,14)/t7?,8-,9+/m0/s1. The molecule has 0 aromatic carbocycles. The summed E-state index contributed by atoms with van der Waals surface area (Å²) in [5.74, 6) is 0.895. The van der Waals surface area contributed by atoms with Crippen LogP contribution in [-0.4, -0.2) is 49.6 Å². The van der Waals surface area contributed by atoms with Gasteiger partial charge in [0.2, 0.25) is 5.91 Å². The van der Waals surface area contributed by atoms with Gasteiger partial charge in [0.05, 0.1) is 6.04 Å². The highest BCUT2D eigenvalue weighted by Crippen LogP contribution is 2.25. The first-order chi connectivity index (χ1) is 6.72. The van der Waals surface area contributed by atoms with Gasteiger partial charge in [-0.2, -0.15) is 0 Å². The van der Waals surface area contributed by atoms with Crippen molar-refractivity contribution in [2.45, 2.75) is 25.4 Å². The van der Waals surface area contributed by atoms with Crippen LogP contribution in [0.2, 0.25) is 0 Å². The minimum atomic E-state index is 0.0207. The Morgan fingerprint density at radius 2 is 2.36 bits per heavy atom. The van der Waals surface area contributed by atoms with Crippen molar-refractivity contribution >= 4 is 5.91 Å². The van der Waals surface area contributed by atoms with E-state index in [1.807, 2.05) is 6.92 Å². The summed E-state index contributed by atoms with van der Waals surface area (Å²) in [6.45, 7) is 5.24. The number of nitrogens with one attached hydrogen (secondary N) is 2. The van der Waals surface area contributed by atoms with Gasteiger partial charge in [0.25, 0.3) is 0 Å². The minimum absolute atomic E-state index is 0.0207. The van der Waals surface area contributed by atoms with Gasteiger partial charge in [0.15, 0.2) is 0 Å². The summed E-state index contributed by atoms with van der Waals surface area (Å²) in [6.07, 6.45) is 1.27. The molecule has 2 rings (SSSR count). The Labute approximate surface area is 85.0 Å². The molecular weight excluding hydrogens is 178 g/mol. The molecule has 0 aromatic heterocycles. The summed E-state index contributed by atoms with van der Waals surface area (Å²) in [4.78, 5) is 13.7. The molecular formula is C10H19N3O. The van der Waals surface area contributed by atoms with E-state index < -0.39 is 0 Å². The van der Waals surface area contributed by atoms with Gasteiger partial charge in [-0.3, -0.25) is 9.69 Å². The summed E-state index contributed by atoms with van der Waals surface area (Å²) in [5.41, 5.74) is 0. The van der Waals surface area contributed by atoms with E-state index in [-0.39, 0.29) is 11.9 Å². The van der Waals surface area contributed by atoms with Crippen molar-refractivity contribution in [3.63, 3.8) is 0 Å². The molecule has 4 nitrogen and oxygen atoms in total. The van der Waals surface area contributed by atoms with Crippen LogP contribution in [0.3, 0.4) is 0 Å². The number of rotatable bonds is 2. The van der Waals surface area contributed by atoms with Crippen molar-refractivity contribution in [1.29, 1.82) is 0 Å². The molecule has 0 radical (unpaired) electrons. The second kappa shape index (κ2) is 3.87. The van der Waals surface area contributed by atoms with Crippen molar-refractivity contribution in [2.75, 3.05) is 26.7 Å². The fraction of sp³-hybridized carbons (Fsp3) is 0.900. The van der Waals surface area contributed by atoms with Crippen molar-refractivity contribution < 1.29 is 4.79 Å². The lowest BCUT2D eigenvalue weighted by Crippen LogP contribution is -2.44. The molecule has 3 atom stereocenters. The maximum Gasteiger partial charge on any atom is 0.236 e. The molecule has 14 heavy (non-hydrogen) atoms. The monoisotopic (exact) mass is 197 g/mol. The third kappa shape index (κ3) is 1.64. The quantitative estimate of drug-likeness (QED) is 0.622. The normalized spacial score (nSPS) is 34.1. The Morgan fingerprint density at radius 1 is 1.57 bits per heavy atom. The van der Waals surface area contributed by atoms with E-state index in [9.17, 15) is 4.79 Å². The van der Waals surface area contributed by atoms with E-state index in [0.29, 0.717) is 6.04 Å². The third-order valence-corrected chi connectivity index (χ3v) is 3.56. The Morgan fingerprint density at radius 3 is 3.00 bits per heavy atom. The molecule has 0 saturated carbocycles. The van der Waals surface area contributed by atoms with Crippen LogP contribution in [0.4, 0.5) is 0 Å². The molecule has 4 heteroatoms. The first-order valence-electron chi connectivity index (χ1n) is 5.41. The van der Waals surface area contributed by atoms with Gasteiger partial charge in [-0.15, -0.1) is 0 Å². The number of hydrogen-bond donors (Lipinski definition) is 2. The van der Waals surface area contributed by atoms with Crippen LogP contribution in [0.1, 0.15) is 13.3 Å². The molecule has 2 fully saturated rings. The van der Waals surface area contributed by atoms with E-state index in [1.54, 1.807) is 7.05 Å². The maximum absolute atomic E-state index is 11.4. The number of carbonyl (C=O) groups excluding carboxylic acids is 1. The summed E-state index contributed by atoms with van der Waals surface area (Å²) < 4.78 is 0. The SMILES string of the molecule is CNC(=O)C(C)N1C[C@@H]2CCN[C@@H]2C1. The van der Waals surface area contributed by atoms with E-state index in [1.165, 1.54) is 6.42 Å². The van der Waals surface area contributed by atoms with Crippen LogP contribution >= 0.6 is 0 Å². The molecule has 2 N–H and O–H groups in total. The number of nitrogens with zero attached hydrogens (tertiary/aromatic N) is 1. The zero-order chi connectivity index (χ0) is 10.1. The number of carbonyl (C=O) groups is 1. The number of likely N-dealkylation sites (tertiary alicyclic amines) is 1. The smallest absolute Gasteiger partial charge is 0.236 e. The lowest BCUT2D eigenvalue weighted by Gasteiger charge is -2.23. The van der Waals surface area contributed by atoms with E-state index in [0.717, 1.165) is 25.6 Å². The van der Waals surface area contributed by atoms with Crippen LogP contribution in [0.5, 0.6) is 0 Å². The van der Waals surface area contributed by atoms with Crippen molar-refractivity contribution in [2.24, 2.45) is 5.92 Å². The number of amides is 1. The van der Waals surface area contributed by atoms with Crippen LogP contribution in [0.15, 0.2) is 0 Å². The lowest BCUT2D eigenvalue weighted by molar-refractivity contribution is -0.125. The van der Waals surface area contributed by atoms with Gasteiger partial charge >= 0.3 is 0 Å². The molecule has 0 aromatic rings. The summed E-state index contributed by atoms with van der Waals surface area (Å²) >= 11 is 0. The number of likely N-dealkylation sites (N-methyl/N-ethyl adjacent to an activating group) is 1. The fourth-order valence-electron chi connectivity index (χ4n) is 2.57. The maximum atomic E-state index is 11.4. The van der Waals surface area contributed by atoms with E-state index in [4.69, 9.17) is 0 Å². The van der Waals surface area contributed by atoms with Gasteiger partial charge in [-0.05, 0) is 25.8 Å². The molecule has 2 aliphatic rings. The zero-order valence-corrected chi connectivity index (χ0v) is 8.92. The molecule has 0 spiro atoms. The summed E-state index contributed by atoms with van der Waals surface area (Å²) in [5, 5.41) is 6.19. The topological polar surface area (TPSA) is 44.4 Å². The first-order valence-corrected chi connectivity index (χ1v) is 5.41. The molecule has 2 saturated heterocycles. The highest BCUT2D eigenvalue weighted by atomic mass is 16.2. The molecule has 80 valence electrons. The van der Waals surface area contributed by atoms with E-state index in [2.05, 4.69) is 15.5 Å². The summed E-state index contributed by atoms with van der Waals surface area (Å²) in [6, 6.07) is 0.648. The van der Waals surface area contributed by atoms with E-state index >= 15 is 0 Å². The van der Waals surface area contributed by atoms with Gasteiger partial charge in [0, 0.05) is 26.2 Å². The first kappa shape index (κ1) is 9.93. The average molecular weight is 197 g/mol. The number of fused-ring (bicyclic) bond motifs is 1. The molecule has 1 amide bonds. The molecule has 2 heterocycles. The second-order valence-electron chi connectivity index (χ2n) is 4.35. The average Bonchev–Trinajstić information content (AvgIpc) is 2.74. The van der Waals surface area contributed by atoms with Crippen LogP contribution in [0, 0.1) is 5.92 Å². The Bertz CT molecular complexity index is 219. The Kier molecular flexibility index (Phi) is 2.74. The minimum Gasteiger partial charge on any atom is -0.358 e. The highest BCUT2D eigenvalue weighted by Gasteiger charge is 2.38.